The van der Waals surface area contributed by atoms with Crippen LogP contribution < -0.4 is 10.5 Å². The largest absolute Gasteiger partial charge is 0.396 e. The SMILES string of the molecule is CN(C)CCNS(=O)(=O)c1cc(N)c(F)c(F)c1. The molecule has 0 unspecified atom stereocenters. The molecule has 0 spiro atoms. The summed E-state index contributed by atoms with van der Waals surface area (Å²) >= 11 is 0. The molecular weight excluding hydrogens is 264 g/mol. The second kappa shape index (κ2) is 5.59. The average molecular weight is 279 g/mol. The van der Waals surface area contributed by atoms with Crippen LogP contribution in [0.2, 0.25) is 0 Å². The summed E-state index contributed by atoms with van der Waals surface area (Å²) in [4.78, 5) is 1.39. The van der Waals surface area contributed by atoms with Gasteiger partial charge in [0.05, 0.1) is 10.6 Å². The lowest BCUT2D eigenvalue weighted by Gasteiger charge is -2.11. The Morgan fingerprint density at radius 1 is 1.33 bits per heavy atom. The van der Waals surface area contributed by atoms with Crippen molar-refractivity contribution in [2.75, 3.05) is 32.9 Å². The highest BCUT2D eigenvalue weighted by molar-refractivity contribution is 7.89. The van der Waals surface area contributed by atoms with E-state index in [0.717, 1.165) is 6.07 Å². The van der Waals surface area contributed by atoms with Crippen molar-refractivity contribution in [1.29, 1.82) is 0 Å². The number of sulfonamides is 1. The zero-order valence-electron chi connectivity index (χ0n) is 10.1. The minimum atomic E-state index is -3.88. The molecule has 3 N–H and O–H groups in total. The fourth-order valence-corrected chi connectivity index (χ4v) is 2.29. The molecule has 0 saturated carbocycles. The van der Waals surface area contributed by atoms with E-state index >= 15 is 0 Å². The van der Waals surface area contributed by atoms with Gasteiger partial charge in [-0.25, -0.2) is 21.9 Å². The molecule has 0 fully saturated rings. The predicted octanol–water partition coefficient (Wildman–Crippen LogP) is 0.387. The molecule has 0 aromatic heterocycles. The fourth-order valence-electron chi connectivity index (χ4n) is 1.23. The van der Waals surface area contributed by atoms with Gasteiger partial charge < -0.3 is 10.6 Å². The number of nitrogens with zero attached hydrogens (tertiary/aromatic N) is 1. The first-order valence-electron chi connectivity index (χ1n) is 5.13. The Labute approximate surface area is 105 Å². The van der Waals surface area contributed by atoms with Crippen LogP contribution in [-0.4, -0.2) is 40.5 Å². The lowest BCUT2D eigenvalue weighted by atomic mass is 10.3. The van der Waals surface area contributed by atoms with Gasteiger partial charge in [-0.3, -0.25) is 0 Å². The van der Waals surface area contributed by atoms with Gasteiger partial charge in [-0.05, 0) is 26.2 Å². The van der Waals surface area contributed by atoms with Crippen LogP contribution in [0.15, 0.2) is 17.0 Å². The Morgan fingerprint density at radius 3 is 2.44 bits per heavy atom. The summed E-state index contributed by atoms with van der Waals surface area (Å²) < 4.78 is 51.8. The maximum atomic E-state index is 13.1. The number of nitrogens with one attached hydrogen (secondary N) is 1. The Hall–Kier alpha value is -1.25. The molecule has 0 amide bonds. The Kier molecular flexibility index (Phi) is 4.60. The Morgan fingerprint density at radius 2 is 1.94 bits per heavy atom. The molecule has 5 nitrogen and oxygen atoms in total. The van der Waals surface area contributed by atoms with E-state index in [-0.39, 0.29) is 6.54 Å². The van der Waals surface area contributed by atoms with E-state index in [0.29, 0.717) is 12.6 Å². The van der Waals surface area contributed by atoms with E-state index in [4.69, 9.17) is 5.73 Å². The van der Waals surface area contributed by atoms with Crippen molar-refractivity contribution in [3.8, 4) is 0 Å². The van der Waals surface area contributed by atoms with Gasteiger partial charge in [0.2, 0.25) is 10.0 Å². The second-order valence-electron chi connectivity index (χ2n) is 4.01. The van der Waals surface area contributed by atoms with Crippen LogP contribution in [0.5, 0.6) is 0 Å². The van der Waals surface area contributed by atoms with Crippen molar-refractivity contribution in [2.45, 2.75) is 4.90 Å². The highest BCUT2D eigenvalue weighted by atomic mass is 32.2. The number of rotatable bonds is 5. The van der Waals surface area contributed by atoms with Crippen LogP contribution in [-0.2, 0) is 10.0 Å². The number of nitrogens with two attached hydrogens (primary N) is 1. The molecule has 0 radical (unpaired) electrons. The quantitative estimate of drug-likeness (QED) is 0.764. The lowest BCUT2D eigenvalue weighted by molar-refractivity contribution is 0.412. The van der Waals surface area contributed by atoms with Crippen molar-refractivity contribution >= 4 is 15.7 Å². The molecule has 0 bridgehead atoms. The standard InChI is InChI=1S/C10H15F2N3O2S/c1-15(2)4-3-14-18(16,17)7-5-8(11)10(12)9(13)6-7/h5-6,14H,3-4,13H2,1-2H3. The zero-order chi connectivity index (χ0) is 13.9. The third kappa shape index (κ3) is 3.62. The lowest BCUT2D eigenvalue weighted by Crippen LogP contribution is -2.31. The van der Waals surface area contributed by atoms with Crippen molar-refractivity contribution in [1.82, 2.24) is 9.62 Å². The predicted molar refractivity (Wildman–Crippen MR) is 64.5 cm³/mol. The number of likely N-dealkylation sites (N-methyl/N-ethyl adjacent to an activating group) is 1. The van der Waals surface area contributed by atoms with Gasteiger partial charge in [-0.1, -0.05) is 0 Å². The first-order valence-corrected chi connectivity index (χ1v) is 6.61. The Balaban J connectivity index is 2.92. The molecule has 1 rings (SSSR count). The number of benzene rings is 1. The molecule has 0 atom stereocenters. The van der Waals surface area contributed by atoms with Crippen molar-refractivity contribution in [3.63, 3.8) is 0 Å². The van der Waals surface area contributed by atoms with Gasteiger partial charge in [0.15, 0.2) is 11.6 Å². The molecular formula is C10H15F2N3O2S. The summed E-state index contributed by atoms with van der Waals surface area (Å²) in [5.74, 6) is -2.54. The van der Waals surface area contributed by atoms with Crippen molar-refractivity contribution in [2.24, 2.45) is 0 Å². The van der Waals surface area contributed by atoms with Crippen LogP contribution >= 0.6 is 0 Å². The molecule has 0 aliphatic rings. The smallest absolute Gasteiger partial charge is 0.240 e. The normalized spacial score (nSPS) is 12.1. The van der Waals surface area contributed by atoms with Crippen LogP contribution in [0.3, 0.4) is 0 Å². The topological polar surface area (TPSA) is 75.4 Å². The molecule has 8 heteroatoms. The molecule has 0 saturated heterocycles. The second-order valence-corrected chi connectivity index (χ2v) is 5.78. The number of anilines is 1. The molecule has 102 valence electrons. The van der Waals surface area contributed by atoms with E-state index in [2.05, 4.69) is 4.72 Å². The van der Waals surface area contributed by atoms with Crippen LogP contribution in [0.25, 0.3) is 0 Å². The minimum Gasteiger partial charge on any atom is -0.396 e. The fraction of sp³-hybridized carbons (Fsp3) is 0.400. The first kappa shape index (κ1) is 14.8. The summed E-state index contributed by atoms with van der Waals surface area (Å²) in [5, 5.41) is 0. The van der Waals surface area contributed by atoms with E-state index in [1.165, 1.54) is 0 Å². The molecule has 1 aromatic carbocycles. The third-order valence-corrected chi connectivity index (χ3v) is 3.63. The summed E-state index contributed by atoms with van der Waals surface area (Å²) in [6, 6.07) is 1.49. The van der Waals surface area contributed by atoms with Crippen LogP contribution in [0.1, 0.15) is 0 Å². The maximum Gasteiger partial charge on any atom is 0.240 e. The average Bonchev–Trinajstić information content (AvgIpc) is 2.24. The van der Waals surface area contributed by atoms with Crippen molar-refractivity contribution in [3.05, 3.63) is 23.8 Å². The number of halogens is 2. The van der Waals surface area contributed by atoms with Gasteiger partial charge in [-0.2, -0.15) is 0 Å². The number of hydrogen-bond donors (Lipinski definition) is 2. The van der Waals surface area contributed by atoms with E-state index in [1.54, 1.807) is 19.0 Å². The highest BCUT2D eigenvalue weighted by Gasteiger charge is 2.18. The monoisotopic (exact) mass is 279 g/mol. The van der Waals surface area contributed by atoms with Gasteiger partial charge in [-0.15, -0.1) is 0 Å². The van der Waals surface area contributed by atoms with Crippen molar-refractivity contribution < 1.29 is 17.2 Å². The molecule has 0 aliphatic heterocycles. The minimum absolute atomic E-state index is 0.161. The molecule has 0 aliphatic carbocycles. The highest BCUT2D eigenvalue weighted by Crippen LogP contribution is 2.19. The van der Waals surface area contributed by atoms with Gasteiger partial charge in [0, 0.05) is 13.1 Å². The molecule has 18 heavy (non-hydrogen) atoms. The van der Waals surface area contributed by atoms with E-state index in [1.807, 2.05) is 0 Å². The molecule has 0 heterocycles. The van der Waals surface area contributed by atoms with E-state index in [9.17, 15) is 17.2 Å². The first-order chi connectivity index (χ1) is 8.24. The van der Waals surface area contributed by atoms with Gasteiger partial charge in [0.25, 0.3) is 0 Å². The summed E-state index contributed by atoms with van der Waals surface area (Å²) in [6.45, 7) is 0.645. The summed E-state index contributed by atoms with van der Waals surface area (Å²) in [5.41, 5.74) is 4.64. The zero-order valence-corrected chi connectivity index (χ0v) is 10.9. The van der Waals surface area contributed by atoms with Gasteiger partial charge in [0.1, 0.15) is 0 Å². The number of nitrogen functional groups attached to an aromatic ring is 1. The molecule has 1 aromatic rings. The van der Waals surface area contributed by atoms with Gasteiger partial charge >= 0.3 is 0 Å². The summed E-state index contributed by atoms with van der Waals surface area (Å²) in [7, 11) is -0.318. The Bertz CT molecular complexity index is 509. The van der Waals surface area contributed by atoms with Crippen LogP contribution in [0.4, 0.5) is 14.5 Å². The number of hydrogen-bond acceptors (Lipinski definition) is 4. The maximum absolute atomic E-state index is 13.1. The van der Waals surface area contributed by atoms with Crippen LogP contribution in [0, 0.1) is 11.6 Å². The summed E-state index contributed by atoms with van der Waals surface area (Å²) in [6.07, 6.45) is 0. The third-order valence-electron chi connectivity index (χ3n) is 2.19. The van der Waals surface area contributed by atoms with E-state index < -0.39 is 32.2 Å².